The molecule has 2 aromatic carbocycles. The third-order valence-electron chi connectivity index (χ3n) is 3.20. The Hall–Kier alpha value is -2.29. The lowest BCUT2D eigenvalue weighted by molar-refractivity contribution is -0.122. The van der Waals surface area contributed by atoms with Gasteiger partial charge >= 0.3 is 0 Å². The van der Waals surface area contributed by atoms with Crippen molar-refractivity contribution in [2.75, 3.05) is 5.32 Å². The van der Waals surface area contributed by atoms with E-state index in [1.165, 1.54) is 0 Å². The van der Waals surface area contributed by atoms with Crippen molar-refractivity contribution in [1.82, 2.24) is 0 Å². The molecule has 0 saturated heterocycles. The van der Waals surface area contributed by atoms with Gasteiger partial charge in [-0.3, -0.25) is 4.79 Å². The smallest absolute Gasteiger partial charge is 0.265 e. The van der Waals surface area contributed by atoms with E-state index < -0.39 is 6.10 Å². The molecule has 110 valence electrons. The van der Waals surface area contributed by atoms with E-state index in [9.17, 15) is 4.79 Å². The SMILES string of the molecule is Cc1ccc(NC(=O)[C@H](C)Oc2cc(C)cc(C)c2)cc1. The van der Waals surface area contributed by atoms with Crippen molar-refractivity contribution in [3.8, 4) is 5.75 Å². The van der Waals surface area contributed by atoms with E-state index in [0.29, 0.717) is 0 Å². The summed E-state index contributed by atoms with van der Waals surface area (Å²) in [5, 5.41) is 2.85. The molecule has 1 atom stereocenters. The van der Waals surface area contributed by atoms with Gasteiger partial charge in [-0.05, 0) is 63.1 Å². The topological polar surface area (TPSA) is 38.3 Å². The minimum absolute atomic E-state index is 0.155. The van der Waals surface area contributed by atoms with Gasteiger partial charge in [-0.15, -0.1) is 0 Å². The van der Waals surface area contributed by atoms with Crippen LogP contribution in [-0.2, 0) is 4.79 Å². The zero-order valence-electron chi connectivity index (χ0n) is 12.9. The molecule has 1 N–H and O–H groups in total. The highest BCUT2D eigenvalue weighted by atomic mass is 16.5. The summed E-state index contributed by atoms with van der Waals surface area (Å²) in [7, 11) is 0. The largest absolute Gasteiger partial charge is 0.481 e. The second-order valence-corrected chi connectivity index (χ2v) is 5.44. The molecule has 0 aliphatic carbocycles. The number of anilines is 1. The van der Waals surface area contributed by atoms with Crippen molar-refractivity contribution in [2.24, 2.45) is 0 Å². The highest BCUT2D eigenvalue weighted by Gasteiger charge is 2.15. The Labute approximate surface area is 126 Å². The van der Waals surface area contributed by atoms with Crippen LogP contribution in [0.25, 0.3) is 0 Å². The highest BCUT2D eigenvalue weighted by Crippen LogP contribution is 2.18. The van der Waals surface area contributed by atoms with Gasteiger partial charge in [0.1, 0.15) is 5.75 Å². The monoisotopic (exact) mass is 283 g/mol. The molecule has 3 heteroatoms. The van der Waals surface area contributed by atoms with Crippen LogP contribution in [-0.4, -0.2) is 12.0 Å². The molecule has 2 rings (SSSR count). The summed E-state index contributed by atoms with van der Waals surface area (Å²) in [6.07, 6.45) is -0.549. The van der Waals surface area contributed by atoms with Gasteiger partial charge in [-0.2, -0.15) is 0 Å². The van der Waals surface area contributed by atoms with Gasteiger partial charge in [0.15, 0.2) is 6.10 Å². The molecule has 0 unspecified atom stereocenters. The maximum absolute atomic E-state index is 12.1. The summed E-state index contributed by atoms with van der Waals surface area (Å²) in [6, 6.07) is 13.6. The maximum atomic E-state index is 12.1. The van der Waals surface area contributed by atoms with Crippen LogP contribution in [0.2, 0.25) is 0 Å². The number of carbonyl (C=O) groups is 1. The first kappa shape index (κ1) is 15.1. The number of hydrogen-bond acceptors (Lipinski definition) is 2. The number of ether oxygens (including phenoxy) is 1. The van der Waals surface area contributed by atoms with E-state index in [2.05, 4.69) is 11.4 Å². The van der Waals surface area contributed by atoms with Gasteiger partial charge < -0.3 is 10.1 Å². The van der Waals surface area contributed by atoms with Crippen LogP contribution in [0.4, 0.5) is 5.69 Å². The van der Waals surface area contributed by atoms with Crippen molar-refractivity contribution in [2.45, 2.75) is 33.8 Å². The van der Waals surface area contributed by atoms with Crippen LogP contribution in [0.5, 0.6) is 5.75 Å². The summed E-state index contributed by atoms with van der Waals surface area (Å²) < 4.78 is 5.72. The summed E-state index contributed by atoms with van der Waals surface area (Å²) in [5.74, 6) is 0.567. The average molecular weight is 283 g/mol. The molecule has 0 aromatic heterocycles. The Balaban J connectivity index is 2.00. The molecule has 0 radical (unpaired) electrons. The second kappa shape index (κ2) is 6.44. The lowest BCUT2D eigenvalue weighted by atomic mass is 10.1. The number of benzene rings is 2. The van der Waals surface area contributed by atoms with E-state index in [0.717, 1.165) is 28.1 Å². The highest BCUT2D eigenvalue weighted by molar-refractivity contribution is 5.94. The standard InChI is InChI=1S/C18H21NO2/c1-12-5-7-16(8-6-12)19-18(20)15(4)21-17-10-13(2)9-14(3)11-17/h5-11,15H,1-4H3,(H,19,20)/t15-/m0/s1. The molecule has 1 amide bonds. The Morgan fingerprint density at radius 3 is 2.10 bits per heavy atom. The molecule has 2 aromatic rings. The average Bonchev–Trinajstić information content (AvgIpc) is 2.40. The van der Waals surface area contributed by atoms with E-state index in [1.54, 1.807) is 6.92 Å². The van der Waals surface area contributed by atoms with Crippen LogP contribution in [0.15, 0.2) is 42.5 Å². The van der Waals surface area contributed by atoms with Crippen LogP contribution in [0.1, 0.15) is 23.6 Å². The Morgan fingerprint density at radius 1 is 0.952 bits per heavy atom. The lowest BCUT2D eigenvalue weighted by Gasteiger charge is -2.15. The van der Waals surface area contributed by atoms with E-state index in [4.69, 9.17) is 4.74 Å². The number of amides is 1. The lowest BCUT2D eigenvalue weighted by Crippen LogP contribution is -2.30. The molecule has 21 heavy (non-hydrogen) atoms. The summed E-state index contributed by atoms with van der Waals surface area (Å²) in [6.45, 7) is 7.78. The number of aryl methyl sites for hydroxylation is 3. The molecule has 0 bridgehead atoms. The molecule has 0 heterocycles. The van der Waals surface area contributed by atoms with Crippen molar-refractivity contribution in [3.63, 3.8) is 0 Å². The molecular weight excluding hydrogens is 262 g/mol. The number of rotatable bonds is 4. The number of carbonyl (C=O) groups excluding carboxylic acids is 1. The predicted molar refractivity (Wildman–Crippen MR) is 85.8 cm³/mol. The minimum atomic E-state index is -0.549. The van der Waals surface area contributed by atoms with E-state index in [-0.39, 0.29) is 5.91 Å². The Bertz CT molecular complexity index is 612. The van der Waals surface area contributed by atoms with Crippen LogP contribution < -0.4 is 10.1 Å². The van der Waals surface area contributed by atoms with Gasteiger partial charge in [0, 0.05) is 5.69 Å². The van der Waals surface area contributed by atoms with Crippen molar-refractivity contribution in [3.05, 3.63) is 59.2 Å². The normalized spacial score (nSPS) is 11.8. The van der Waals surface area contributed by atoms with Gasteiger partial charge in [0.05, 0.1) is 0 Å². The van der Waals surface area contributed by atoms with Gasteiger partial charge in [-0.25, -0.2) is 0 Å². The van der Waals surface area contributed by atoms with Gasteiger partial charge in [0.2, 0.25) is 0 Å². The first-order chi connectivity index (χ1) is 9.94. The third-order valence-corrected chi connectivity index (χ3v) is 3.20. The van der Waals surface area contributed by atoms with Gasteiger partial charge in [-0.1, -0.05) is 23.8 Å². The zero-order valence-corrected chi connectivity index (χ0v) is 12.9. The molecule has 0 fully saturated rings. The molecule has 3 nitrogen and oxygen atoms in total. The fourth-order valence-electron chi connectivity index (χ4n) is 2.14. The van der Waals surface area contributed by atoms with Crippen LogP contribution in [0, 0.1) is 20.8 Å². The Kier molecular flexibility index (Phi) is 4.63. The van der Waals surface area contributed by atoms with E-state index in [1.807, 2.05) is 57.2 Å². The number of hydrogen-bond donors (Lipinski definition) is 1. The quantitative estimate of drug-likeness (QED) is 0.920. The molecule has 0 spiro atoms. The van der Waals surface area contributed by atoms with Crippen molar-refractivity contribution < 1.29 is 9.53 Å². The zero-order chi connectivity index (χ0) is 15.4. The van der Waals surface area contributed by atoms with Crippen LogP contribution >= 0.6 is 0 Å². The number of nitrogens with one attached hydrogen (secondary N) is 1. The fraction of sp³-hybridized carbons (Fsp3) is 0.278. The minimum Gasteiger partial charge on any atom is -0.481 e. The molecule has 0 aliphatic heterocycles. The van der Waals surface area contributed by atoms with Gasteiger partial charge in [0.25, 0.3) is 5.91 Å². The first-order valence-electron chi connectivity index (χ1n) is 7.06. The van der Waals surface area contributed by atoms with Crippen LogP contribution in [0.3, 0.4) is 0 Å². The van der Waals surface area contributed by atoms with E-state index >= 15 is 0 Å². The first-order valence-corrected chi connectivity index (χ1v) is 7.06. The maximum Gasteiger partial charge on any atom is 0.265 e. The molecule has 0 aliphatic rings. The molecular formula is C18H21NO2. The fourth-order valence-corrected chi connectivity index (χ4v) is 2.14. The Morgan fingerprint density at radius 2 is 1.52 bits per heavy atom. The summed E-state index contributed by atoms with van der Waals surface area (Å²) in [4.78, 5) is 12.1. The second-order valence-electron chi connectivity index (χ2n) is 5.44. The summed E-state index contributed by atoms with van der Waals surface area (Å²) >= 11 is 0. The predicted octanol–water partition coefficient (Wildman–Crippen LogP) is 4.02. The molecule has 0 saturated carbocycles. The van der Waals surface area contributed by atoms with Crippen molar-refractivity contribution >= 4 is 11.6 Å². The van der Waals surface area contributed by atoms with Crippen molar-refractivity contribution in [1.29, 1.82) is 0 Å². The summed E-state index contributed by atoms with van der Waals surface area (Å²) in [5.41, 5.74) is 4.18. The third kappa shape index (κ3) is 4.35.